The van der Waals surface area contributed by atoms with E-state index in [9.17, 15) is 0 Å². The van der Waals surface area contributed by atoms with E-state index in [1.54, 1.807) is 0 Å². The second kappa shape index (κ2) is 6.14. The number of rotatable bonds is 1. The topological polar surface area (TPSA) is 9.23 Å². The third-order valence-corrected chi connectivity index (χ3v) is 6.64. The Bertz CT molecular complexity index is 677. The van der Waals surface area contributed by atoms with E-state index in [4.69, 9.17) is 4.74 Å². The van der Waals surface area contributed by atoms with Crippen LogP contribution in [0.2, 0.25) is 0 Å². The summed E-state index contributed by atoms with van der Waals surface area (Å²) in [5, 5.41) is 0. The van der Waals surface area contributed by atoms with Gasteiger partial charge in [0, 0.05) is 7.11 Å². The van der Waals surface area contributed by atoms with E-state index < -0.39 is 0 Å². The maximum Gasteiger partial charge on any atom is 0.104 e. The van der Waals surface area contributed by atoms with Gasteiger partial charge in [0.15, 0.2) is 0 Å². The molecule has 1 nitrogen and oxygen atoms in total. The van der Waals surface area contributed by atoms with Crippen molar-refractivity contribution in [2.75, 3.05) is 7.11 Å². The van der Waals surface area contributed by atoms with Crippen LogP contribution < -0.4 is 0 Å². The Morgan fingerprint density at radius 1 is 0.958 bits per heavy atom. The normalized spacial score (nSPS) is 29.6. The number of benzene rings is 1. The summed E-state index contributed by atoms with van der Waals surface area (Å²) in [5.74, 6) is 0. The predicted molar refractivity (Wildman–Crippen MR) is 106 cm³/mol. The summed E-state index contributed by atoms with van der Waals surface area (Å²) < 4.78 is 5.85. The summed E-state index contributed by atoms with van der Waals surface area (Å²) in [6, 6.07) is 4.85. The highest BCUT2D eigenvalue weighted by atomic mass is 79.9. The van der Waals surface area contributed by atoms with E-state index in [2.05, 4.69) is 80.1 Å². The Kier molecular flexibility index (Phi) is 4.59. The molecular weight excluding hydrogens is 360 g/mol. The molecule has 4 bridgehead atoms. The third-order valence-electron chi connectivity index (χ3n) is 5.72. The number of allylic oxidation sites excluding steroid dienone is 2. The molecule has 0 aromatic heterocycles. The first kappa shape index (κ1) is 17.9. The maximum absolute atomic E-state index is 5.90. The van der Waals surface area contributed by atoms with Gasteiger partial charge in [-0.2, -0.15) is 0 Å². The molecule has 0 heterocycles. The number of alkyl halides is 1. The van der Waals surface area contributed by atoms with Crippen molar-refractivity contribution in [3.63, 3.8) is 0 Å². The lowest BCUT2D eigenvalue weighted by Crippen LogP contribution is -2.32. The fourth-order valence-electron chi connectivity index (χ4n) is 3.69. The Labute approximate surface area is 155 Å². The van der Waals surface area contributed by atoms with Gasteiger partial charge >= 0.3 is 0 Å². The van der Waals surface area contributed by atoms with E-state index in [0.29, 0.717) is 0 Å². The Morgan fingerprint density at radius 2 is 1.50 bits per heavy atom. The van der Waals surface area contributed by atoms with Crippen LogP contribution in [0.1, 0.15) is 55.9 Å². The first-order chi connectivity index (χ1) is 11.2. The molecule has 3 aliphatic carbocycles. The monoisotopic (exact) mass is 388 g/mol. The van der Waals surface area contributed by atoms with Crippen LogP contribution >= 0.6 is 15.9 Å². The lowest BCUT2D eigenvalue weighted by molar-refractivity contribution is 0.0650. The van der Waals surface area contributed by atoms with Crippen LogP contribution in [0, 0.1) is 6.92 Å². The lowest BCUT2D eigenvalue weighted by Gasteiger charge is -2.33. The first-order valence-electron chi connectivity index (χ1n) is 8.94. The van der Waals surface area contributed by atoms with Crippen LogP contribution in [0.3, 0.4) is 0 Å². The molecule has 0 N–H and O–H groups in total. The first-order valence-corrected chi connectivity index (χ1v) is 9.73. The highest BCUT2D eigenvalue weighted by molar-refractivity contribution is 9.10. The third kappa shape index (κ3) is 3.41. The van der Waals surface area contributed by atoms with Crippen LogP contribution in [0.4, 0.5) is 0 Å². The van der Waals surface area contributed by atoms with Crippen molar-refractivity contribution in [2.24, 2.45) is 0 Å². The van der Waals surface area contributed by atoms with Crippen LogP contribution in [0.15, 0.2) is 36.4 Å². The minimum Gasteiger partial charge on any atom is -0.370 e. The minimum atomic E-state index is -0.272. The van der Waals surface area contributed by atoms with Gasteiger partial charge in [0.2, 0.25) is 0 Å². The molecule has 0 saturated heterocycles. The van der Waals surface area contributed by atoms with Crippen molar-refractivity contribution in [2.45, 2.75) is 68.7 Å². The van der Waals surface area contributed by atoms with Crippen LogP contribution in [0.5, 0.6) is 0 Å². The van der Waals surface area contributed by atoms with Crippen molar-refractivity contribution in [3.05, 3.63) is 58.7 Å². The largest absolute Gasteiger partial charge is 0.370 e. The zero-order valence-corrected chi connectivity index (χ0v) is 17.2. The summed E-state index contributed by atoms with van der Waals surface area (Å²) in [4.78, 5) is 0. The Morgan fingerprint density at radius 3 is 2.00 bits per heavy atom. The second-order valence-electron chi connectivity index (χ2n) is 8.42. The number of hydrogen-bond acceptors (Lipinski definition) is 1. The zero-order valence-electron chi connectivity index (χ0n) is 15.6. The minimum absolute atomic E-state index is 0.0519. The van der Waals surface area contributed by atoms with Crippen LogP contribution in [-0.4, -0.2) is 17.0 Å². The number of hydrogen-bond donors (Lipinski definition) is 0. The molecule has 0 aliphatic heterocycles. The second-order valence-corrected chi connectivity index (χ2v) is 9.90. The molecule has 0 saturated carbocycles. The average molecular weight is 389 g/mol. The van der Waals surface area contributed by atoms with Gasteiger partial charge in [-0.15, -0.1) is 0 Å². The molecule has 3 aliphatic rings. The molecule has 0 atom stereocenters. The Balaban J connectivity index is 2.09. The van der Waals surface area contributed by atoms with E-state index in [1.807, 2.05) is 7.11 Å². The number of ether oxygens (including phenoxy) is 1. The number of aryl methyl sites for hydroxylation is 2. The molecule has 130 valence electrons. The Hall–Kier alpha value is -0.860. The van der Waals surface area contributed by atoms with Crippen molar-refractivity contribution in [1.82, 2.24) is 0 Å². The van der Waals surface area contributed by atoms with Gasteiger partial charge in [0.1, 0.15) is 5.60 Å². The highest BCUT2D eigenvalue weighted by Crippen LogP contribution is 2.39. The van der Waals surface area contributed by atoms with Gasteiger partial charge in [-0.25, -0.2) is 0 Å². The molecule has 0 amide bonds. The van der Waals surface area contributed by atoms with Crippen LogP contribution in [-0.2, 0) is 23.0 Å². The molecule has 24 heavy (non-hydrogen) atoms. The molecule has 0 radical (unpaired) electrons. The van der Waals surface area contributed by atoms with Gasteiger partial charge in [0.25, 0.3) is 0 Å². The van der Waals surface area contributed by atoms with Gasteiger partial charge in [-0.1, -0.05) is 73.1 Å². The quantitative estimate of drug-likeness (QED) is 0.435. The summed E-state index contributed by atoms with van der Waals surface area (Å²) in [6.07, 6.45) is 13.2. The molecular formula is C22H29BrO. The van der Waals surface area contributed by atoms with E-state index in [-0.39, 0.29) is 15.3 Å². The lowest BCUT2D eigenvalue weighted by atomic mass is 9.81. The van der Waals surface area contributed by atoms with Crippen molar-refractivity contribution in [3.8, 4) is 0 Å². The van der Waals surface area contributed by atoms with Gasteiger partial charge in [0.05, 0.1) is 4.32 Å². The summed E-state index contributed by atoms with van der Waals surface area (Å²) in [7, 11) is 1.82. The van der Waals surface area contributed by atoms with Crippen LogP contribution in [0.25, 0.3) is 0 Å². The van der Waals surface area contributed by atoms with Gasteiger partial charge in [-0.05, 0) is 60.3 Å². The molecule has 1 aromatic rings. The van der Waals surface area contributed by atoms with Crippen molar-refractivity contribution in [1.29, 1.82) is 0 Å². The van der Waals surface area contributed by atoms with Crippen molar-refractivity contribution >= 4 is 15.9 Å². The molecule has 0 spiro atoms. The molecule has 0 fully saturated rings. The van der Waals surface area contributed by atoms with Crippen molar-refractivity contribution < 1.29 is 4.74 Å². The summed E-state index contributed by atoms with van der Waals surface area (Å²) in [5.41, 5.74) is 5.79. The molecule has 2 heteroatoms. The standard InChI is InChI=1S/C22H29BrO/c1-16-17-6-8-21(23)10-12-22(24-5,13-11-21)9-7-18(16)15-19(14-17)20(2,3)4/h10-15H,6-9H2,1-5H3. The predicted octanol–water partition coefficient (Wildman–Crippen LogP) is 5.82. The fourth-order valence-corrected chi connectivity index (χ4v) is 4.15. The molecule has 0 unspecified atom stereocenters. The van der Waals surface area contributed by atoms with E-state index >= 15 is 0 Å². The van der Waals surface area contributed by atoms with Gasteiger partial charge in [-0.3, -0.25) is 0 Å². The fraction of sp³-hybridized carbons (Fsp3) is 0.545. The highest BCUT2D eigenvalue weighted by Gasteiger charge is 2.33. The maximum atomic E-state index is 5.90. The summed E-state index contributed by atoms with van der Waals surface area (Å²) >= 11 is 3.93. The van der Waals surface area contributed by atoms with E-state index in [1.165, 1.54) is 22.3 Å². The summed E-state index contributed by atoms with van der Waals surface area (Å²) in [6.45, 7) is 9.20. The van der Waals surface area contributed by atoms with Gasteiger partial charge < -0.3 is 4.74 Å². The molecule has 4 rings (SSSR count). The zero-order chi connectivity index (χ0) is 17.6. The SMILES string of the molecule is COC12C=CC(Br)(C=C1)CCc1cc(C(C)(C)C)cc(c1C)CC2. The molecule has 1 aromatic carbocycles. The number of fused-ring (bicyclic) bond motifs is 2. The average Bonchev–Trinajstić information content (AvgIpc) is 2.55. The number of halogens is 1. The van der Waals surface area contributed by atoms with E-state index in [0.717, 1.165) is 25.7 Å². The number of methoxy groups -OCH3 is 1. The smallest absolute Gasteiger partial charge is 0.104 e.